The van der Waals surface area contributed by atoms with Gasteiger partial charge in [0.2, 0.25) is 0 Å². The molecule has 1 rings (SSSR count). The zero-order valence-electron chi connectivity index (χ0n) is 11.3. The third-order valence-electron chi connectivity index (χ3n) is 3.32. The minimum absolute atomic E-state index is 0.0932. The molecule has 0 amide bonds. The molecule has 1 aromatic rings. The van der Waals surface area contributed by atoms with E-state index in [1.54, 1.807) is 0 Å². The average Bonchev–Trinajstić information content (AvgIpc) is 2.43. The van der Waals surface area contributed by atoms with E-state index < -0.39 is 0 Å². The molecule has 4 heteroatoms. The Balaban J connectivity index is 2.68. The number of rotatable bonds is 9. The molecular weight excluding hydrogens is 436 g/mol. The van der Waals surface area contributed by atoms with Crippen LogP contribution >= 0.6 is 47.8 Å². The molecule has 0 aromatic heterocycles. The van der Waals surface area contributed by atoms with E-state index in [0.29, 0.717) is 0 Å². The highest BCUT2D eigenvalue weighted by Crippen LogP contribution is 2.33. The Kier molecular flexibility index (Phi) is 8.87. The highest BCUT2D eigenvalue weighted by molar-refractivity contribution is 9.10. The number of halogens is 3. The first kappa shape index (κ1) is 17.7. The molecule has 0 unspecified atom stereocenters. The highest BCUT2D eigenvalue weighted by Gasteiger charge is 2.30. The summed E-state index contributed by atoms with van der Waals surface area (Å²) in [4.78, 5) is 0. The van der Waals surface area contributed by atoms with Crippen LogP contribution in [0.1, 0.15) is 31.7 Å². The number of benzene rings is 1. The number of alkyl halides is 2. The molecule has 0 heterocycles. The summed E-state index contributed by atoms with van der Waals surface area (Å²) in [5.74, 6) is 0. The molecule has 1 aromatic carbocycles. The molecule has 0 spiro atoms. The van der Waals surface area contributed by atoms with Gasteiger partial charge in [-0.1, -0.05) is 73.3 Å². The monoisotopic (exact) mass is 454 g/mol. The molecular formula is C15H21Br3O. The topological polar surface area (TPSA) is 9.23 Å². The van der Waals surface area contributed by atoms with E-state index in [-0.39, 0.29) is 5.41 Å². The zero-order chi connectivity index (χ0) is 14.1. The standard InChI is InChI=1S/C15H21Br3O/c1-2-3-8-19-9-7-15(11-16,12-17)13-5-4-6-14(18)10-13/h4-6,10H,2-3,7-9,11-12H2,1H3. The average molecular weight is 457 g/mol. The minimum atomic E-state index is 0.0932. The number of hydrogen-bond donors (Lipinski definition) is 0. The van der Waals surface area contributed by atoms with Gasteiger partial charge in [0.25, 0.3) is 0 Å². The number of ether oxygens (including phenoxy) is 1. The van der Waals surface area contributed by atoms with E-state index in [0.717, 1.165) is 41.2 Å². The Bertz CT molecular complexity index is 364. The van der Waals surface area contributed by atoms with Crippen molar-refractivity contribution in [3.05, 3.63) is 34.3 Å². The molecule has 0 fully saturated rings. The first-order valence-electron chi connectivity index (χ1n) is 6.64. The fourth-order valence-electron chi connectivity index (χ4n) is 1.90. The van der Waals surface area contributed by atoms with Gasteiger partial charge in [-0.05, 0) is 30.5 Å². The van der Waals surface area contributed by atoms with Gasteiger partial charge in [0.1, 0.15) is 0 Å². The summed E-state index contributed by atoms with van der Waals surface area (Å²) >= 11 is 10.9. The van der Waals surface area contributed by atoms with E-state index >= 15 is 0 Å². The van der Waals surface area contributed by atoms with Crippen molar-refractivity contribution < 1.29 is 4.74 Å². The van der Waals surface area contributed by atoms with Crippen molar-refractivity contribution in [2.75, 3.05) is 23.9 Å². The van der Waals surface area contributed by atoms with Crippen molar-refractivity contribution in [2.45, 2.75) is 31.6 Å². The van der Waals surface area contributed by atoms with Crippen molar-refractivity contribution >= 4 is 47.8 Å². The molecule has 0 atom stereocenters. The molecule has 0 aliphatic carbocycles. The lowest BCUT2D eigenvalue weighted by molar-refractivity contribution is 0.117. The van der Waals surface area contributed by atoms with E-state index in [9.17, 15) is 0 Å². The molecule has 0 aliphatic heterocycles. The van der Waals surface area contributed by atoms with Crippen molar-refractivity contribution in [1.82, 2.24) is 0 Å². The minimum Gasteiger partial charge on any atom is -0.381 e. The Hall–Kier alpha value is 0.620. The summed E-state index contributed by atoms with van der Waals surface area (Å²) in [6.45, 7) is 3.87. The maximum absolute atomic E-state index is 5.73. The largest absolute Gasteiger partial charge is 0.381 e. The van der Waals surface area contributed by atoms with Gasteiger partial charge in [-0.15, -0.1) is 0 Å². The van der Waals surface area contributed by atoms with E-state index in [1.807, 2.05) is 0 Å². The van der Waals surface area contributed by atoms with Crippen LogP contribution in [0.4, 0.5) is 0 Å². The molecule has 0 bridgehead atoms. The lowest BCUT2D eigenvalue weighted by Gasteiger charge is -2.31. The Morgan fingerprint density at radius 2 is 1.89 bits per heavy atom. The van der Waals surface area contributed by atoms with Crippen molar-refractivity contribution in [3.8, 4) is 0 Å². The summed E-state index contributed by atoms with van der Waals surface area (Å²) < 4.78 is 6.86. The maximum atomic E-state index is 5.73. The molecule has 19 heavy (non-hydrogen) atoms. The first-order valence-corrected chi connectivity index (χ1v) is 9.68. The maximum Gasteiger partial charge on any atom is 0.0475 e. The predicted molar refractivity (Wildman–Crippen MR) is 93.8 cm³/mol. The summed E-state index contributed by atoms with van der Waals surface area (Å²) in [6, 6.07) is 8.56. The Morgan fingerprint density at radius 3 is 2.47 bits per heavy atom. The van der Waals surface area contributed by atoms with E-state index in [2.05, 4.69) is 79.0 Å². The number of unbranched alkanes of at least 4 members (excludes halogenated alkanes) is 1. The highest BCUT2D eigenvalue weighted by atomic mass is 79.9. The van der Waals surface area contributed by atoms with E-state index in [1.165, 1.54) is 12.0 Å². The van der Waals surface area contributed by atoms with Gasteiger partial charge in [-0.25, -0.2) is 0 Å². The lowest BCUT2D eigenvalue weighted by atomic mass is 9.82. The molecule has 0 saturated heterocycles. The van der Waals surface area contributed by atoms with Gasteiger partial charge < -0.3 is 4.74 Å². The van der Waals surface area contributed by atoms with Crippen LogP contribution in [-0.4, -0.2) is 23.9 Å². The van der Waals surface area contributed by atoms with Crippen LogP contribution in [0.25, 0.3) is 0 Å². The predicted octanol–water partition coefficient (Wildman–Crippen LogP) is 5.68. The number of hydrogen-bond acceptors (Lipinski definition) is 1. The van der Waals surface area contributed by atoms with Gasteiger partial charge in [-0.3, -0.25) is 0 Å². The third-order valence-corrected chi connectivity index (χ3v) is 5.96. The van der Waals surface area contributed by atoms with Gasteiger partial charge in [0.05, 0.1) is 0 Å². The second-order valence-electron chi connectivity index (χ2n) is 4.77. The fourth-order valence-corrected chi connectivity index (χ4v) is 4.44. The van der Waals surface area contributed by atoms with Crippen LogP contribution in [0.2, 0.25) is 0 Å². The normalized spacial score (nSPS) is 11.8. The summed E-state index contributed by atoms with van der Waals surface area (Å²) in [5.41, 5.74) is 1.44. The summed E-state index contributed by atoms with van der Waals surface area (Å²) in [7, 11) is 0. The third kappa shape index (κ3) is 5.49. The molecule has 0 saturated carbocycles. The van der Waals surface area contributed by atoms with Crippen molar-refractivity contribution in [1.29, 1.82) is 0 Å². The van der Waals surface area contributed by atoms with Crippen LogP contribution in [0, 0.1) is 0 Å². The molecule has 0 N–H and O–H groups in total. The SMILES string of the molecule is CCCCOCCC(CBr)(CBr)c1cccc(Br)c1. The molecule has 0 radical (unpaired) electrons. The van der Waals surface area contributed by atoms with Gasteiger partial charge in [0, 0.05) is 33.8 Å². The van der Waals surface area contributed by atoms with Crippen LogP contribution in [0.3, 0.4) is 0 Å². The molecule has 0 aliphatic rings. The van der Waals surface area contributed by atoms with Crippen molar-refractivity contribution in [2.24, 2.45) is 0 Å². The van der Waals surface area contributed by atoms with E-state index in [4.69, 9.17) is 4.74 Å². The van der Waals surface area contributed by atoms with Crippen LogP contribution in [0.5, 0.6) is 0 Å². The second-order valence-corrected chi connectivity index (χ2v) is 6.81. The second kappa shape index (κ2) is 9.54. The lowest BCUT2D eigenvalue weighted by Crippen LogP contribution is -2.32. The Labute approximate surface area is 141 Å². The van der Waals surface area contributed by atoms with Gasteiger partial charge >= 0.3 is 0 Å². The van der Waals surface area contributed by atoms with Crippen LogP contribution in [0.15, 0.2) is 28.7 Å². The Morgan fingerprint density at radius 1 is 1.16 bits per heavy atom. The summed E-state index contributed by atoms with van der Waals surface area (Å²) in [5, 5.41) is 1.86. The smallest absolute Gasteiger partial charge is 0.0475 e. The summed E-state index contributed by atoms with van der Waals surface area (Å²) in [6.07, 6.45) is 3.35. The zero-order valence-corrected chi connectivity index (χ0v) is 16.1. The molecule has 108 valence electrons. The van der Waals surface area contributed by atoms with Crippen molar-refractivity contribution in [3.63, 3.8) is 0 Å². The van der Waals surface area contributed by atoms with Gasteiger partial charge in [-0.2, -0.15) is 0 Å². The van der Waals surface area contributed by atoms with Crippen LogP contribution < -0.4 is 0 Å². The van der Waals surface area contributed by atoms with Crippen LogP contribution in [-0.2, 0) is 10.2 Å². The quantitative estimate of drug-likeness (QED) is 0.343. The van der Waals surface area contributed by atoms with Gasteiger partial charge in [0.15, 0.2) is 0 Å². The fraction of sp³-hybridized carbons (Fsp3) is 0.600. The first-order chi connectivity index (χ1) is 9.18. The molecule has 1 nitrogen and oxygen atoms in total.